The summed E-state index contributed by atoms with van der Waals surface area (Å²) >= 11 is 0. The molecule has 0 bridgehead atoms. The Labute approximate surface area is 266 Å². The molecule has 238 valence electrons. The van der Waals surface area contributed by atoms with Crippen molar-refractivity contribution in [2.75, 3.05) is 0 Å². The summed E-state index contributed by atoms with van der Waals surface area (Å²) in [6.07, 6.45) is 31.6. The summed E-state index contributed by atoms with van der Waals surface area (Å²) in [5.74, 6) is 1.87. The van der Waals surface area contributed by atoms with Gasteiger partial charge in [-0.05, 0) is 36.8 Å². The molecule has 0 saturated heterocycles. The predicted octanol–water partition coefficient (Wildman–Crippen LogP) is 12.0. The van der Waals surface area contributed by atoms with Gasteiger partial charge in [0.25, 0.3) is 5.82 Å². The van der Waals surface area contributed by atoms with Gasteiger partial charge in [-0.3, -0.25) is 0 Å². The summed E-state index contributed by atoms with van der Waals surface area (Å²) < 4.78 is 2.57. The monoisotopic (exact) mass is 586 g/mol. The molecule has 0 amide bonds. The highest BCUT2D eigenvalue weighted by molar-refractivity contribution is 5.32. The van der Waals surface area contributed by atoms with Crippen LogP contribution in [0.1, 0.15) is 166 Å². The van der Waals surface area contributed by atoms with Crippen LogP contribution >= 0.6 is 0 Å². The smallest absolute Gasteiger partial charge is 0.247 e. The minimum atomic E-state index is 0.00910. The Morgan fingerprint density at radius 3 is 1.65 bits per heavy atom. The van der Waals surface area contributed by atoms with Gasteiger partial charge in [-0.2, -0.15) is 0 Å². The molecule has 3 rings (SSSR count). The first-order valence-electron chi connectivity index (χ1n) is 18.3. The highest BCUT2D eigenvalue weighted by atomic mass is 15.1. The number of hydrogen-bond donors (Lipinski definition) is 1. The molecule has 0 radical (unpaired) electrons. The number of rotatable bonds is 25. The number of aromatic amines is 1. The third kappa shape index (κ3) is 12.7. The SMILES string of the molecule is CCCCCCCCCCCCCC[n+]1cc[nH]c1C(CCCCCCCC)C(C)(Cc1ccccc1)c1ccccc1. The molecule has 0 aliphatic heterocycles. The highest BCUT2D eigenvalue weighted by Gasteiger charge is 2.41. The Bertz CT molecular complexity index is 1060. The van der Waals surface area contributed by atoms with Gasteiger partial charge < -0.3 is 0 Å². The highest BCUT2D eigenvalue weighted by Crippen LogP contribution is 2.43. The van der Waals surface area contributed by atoms with Crippen molar-refractivity contribution in [2.45, 2.75) is 167 Å². The lowest BCUT2D eigenvalue weighted by Crippen LogP contribution is -2.43. The van der Waals surface area contributed by atoms with Gasteiger partial charge >= 0.3 is 0 Å². The first-order chi connectivity index (χ1) is 21.2. The molecule has 0 aliphatic rings. The Kier molecular flexibility index (Phi) is 17.5. The summed E-state index contributed by atoms with van der Waals surface area (Å²) in [5, 5.41) is 0. The van der Waals surface area contributed by atoms with Gasteiger partial charge in [0.15, 0.2) is 0 Å². The molecule has 0 aliphatic carbocycles. The maximum absolute atomic E-state index is 3.78. The Balaban J connectivity index is 1.64. The molecule has 2 nitrogen and oxygen atoms in total. The van der Waals surface area contributed by atoms with Crippen molar-refractivity contribution in [3.05, 3.63) is 90.0 Å². The van der Waals surface area contributed by atoms with E-state index >= 15 is 0 Å². The minimum absolute atomic E-state index is 0.00910. The first kappa shape index (κ1) is 35.1. The zero-order chi connectivity index (χ0) is 30.4. The Morgan fingerprint density at radius 2 is 1.09 bits per heavy atom. The van der Waals surface area contributed by atoms with Crippen molar-refractivity contribution < 1.29 is 4.57 Å². The van der Waals surface area contributed by atoms with Gasteiger partial charge in [0.05, 0.1) is 12.5 Å². The van der Waals surface area contributed by atoms with Gasteiger partial charge in [0.1, 0.15) is 12.4 Å². The van der Waals surface area contributed by atoms with Crippen molar-refractivity contribution in [1.82, 2.24) is 4.98 Å². The van der Waals surface area contributed by atoms with Gasteiger partial charge in [0.2, 0.25) is 0 Å². The number of imidazole rings is 1. The summed E-state index contributed by atoms with van der Waals surface area (Å²) in [4.78, 5) is 3.78. The summed E-state index contributed by atoms with van der Waals surface area (Å²) in [6, 6.07) is 22.5. The van der Waals surface area contributed by atoms with Crippen molar-refractivity contribution in [3.63, 3.8) is 0 Å². The second-order valence-corrected chi connectivity index (χ2v) is 13.5. The second kappa shape index (κ2) is 21.4. The number of aryl methyl sites for hydroxylation is 1. The molecular formula is C41H65N2+. The molecule has 3 aromatic rings. The number of nitrogens with one attached hydrogen (secondary N) is 1. The molecule has 0 fully saturated rings. The number of nitrogens with zero attached hydrogens (tertiary/aromatic N) is 1. The third-order valence-corrected chi connectivity index (χ3v) is 9.84. The van der Waals surface area contributed by atoms with Crippen LogP contribution in [0.15, 0.2) is 73.1 Å². The van der Waals surface area contributed by atoms with E-state index in [0.717, 1.165) is 13.0 Å². The number of H-pyrrole nitrogens is 1. The van der Waals surface area contributed by atoms with Crippen LogP contribution in [0.4, 0.5) is 0 Å². The van der Waals surface area contributed by atoms with Crippen LogP contribution in [-0.4, -0.2) is 4.98 Å². The Hall–Kier alpha value is -2.35. The van der Waals surface area contributed by atoms with E-state index < -0.39 is 0 Å². The van der Waals surface area contributed by atoms with E-state index in [2.05, 4.69) is 103 Å². The average Bonchev–Trinajstić information content (AvgIpc) is 3.50. The fourth-order valence-corrected chi connectivity index (χ4v) is 7.15. The molecular weight excluding hydrogens is 520 g/mol. The van der Waals surface area contributed by atoms with Crippen LogP contribution in [0, 0.1) is 0 Å². The topological polar surface area (TPSA) is 19.7 Å². The molecule has 2 unspecified atom stereocenters. The lowest BCUT2D eigenvalue weighted by Gasteiger charge is -2.37. The molecule has 0 spiro atoms. The number of aromatic nitrogens is 2. The van der Waals surface area contributed by atoms with Crippen LogP contribution in [-0.2, 0) is 18.4 Å². The van der Waals surface area contributed by atoms with Gasteiger partial charge in [0, 0.05) is 5.41 Å². The molecule has 1 N–H and O–H groups in total. The van der Waals surface area contributed by atoms with Crippen LogP contribution < -0.4 is 4.57 Å². The van der Waals surface area contributed by atoms with Crippen molar-refractivity contribution >= 4 is 0 Å². The molecule has 2 heteroatoms. The maximum atomic E-state index is 3.78. The van der Waals surface area contributed by atoms with Crippen molar-refractivity contribution in [1.29, 1.82) is 0 Å². The lowest BCUT2D eigenvalue weighted by atomic mass is 9.66. The number of unbranched alkanes of at least 4 members (excludes halogenated alkanes) is 16. The largest absolute Gasteiger partial charge is 0.258 e. The maximum Gasteiger partial charge on any atom is 0.258 e. The van der Waals surface area contributed by atoms with Crippen molar-refractivity contribution in [2.24, 2.45) is 0 Å². The molecule has 43 heavy (non-hydrogen) atoms. The quantitative estimate of drug-likeness (QED) is 0.0753. The standard InChI is InChI=1S/C41H64N2/c1-4-6-8-10-12-13-14-15-16-17-19-27-34-43-35-33-42-40(43)39(32-26-18-11-9-7-5-2)41(3,38-30-24-21-25-31-38)36-37-28-22-20-23-29-37/h20-25,28-31,33,35,39H,4-19,26-27,32,34,36H2,1-3H3/p+1. The first-order valence-corrected chi connectivity index (χ1v) is 18.3. The van der Waals surface area contributed by atoms with Crippen LogP contribution in [0.5, 0.6) is 0 Å². The summed E-state index contributed by atoms with van der Waals surface area (Å²) in [7, 11) is 0. The average molecular weight is 586 g/mol. The second-order valence-electron chi connectivity index (χ2n) is 13.5. The van der Waals surface area contributed by atoms with Crippen LogP contribution in [0.2, 0.25) is 0 Å². The minimum Gasteiger partial charge on any atom is -0.247 e. The molecule has 2 atom stereocenters. The van der Waals surface area contributed by atoms with E-state index in [1.807, 2.05) is 0 Å². The normalized spacial score (nSPS) is 13.7. The van der Waals surface area contributed by atoms with Gasteiger partial charge in [-0.15, -0.1) is 0 Å². The van der Waals surface area contributed by atoms with Gasteiger partial charge in [-0.25, -0.2) is 9.55 Å². The van der Waals surface area contributed by atoms with E-state index in [1.54, 1.807) is 0 Å². The van der Waals surface area contributed by atoms with E-state index in [4.69, 9.17) is 0 Å². The summed E-state index contributed by atoms with van der Waals surface area (Å²) in [5.41, 5.74) is 2.90. The van der Waals surface area contributed by atoms with E-state index in [1.165, 1.54) is 139 Å². The number of hydrogen-bond acceptors (Lipinski definition) is 0. The molecule has 1 aromatic heterocycles. The molecule has 1 heterocycles. The predicted molar refractivity (Wildman–Crippen MR) is 187 cm³/mol. The fourth-order valence-electron chi connectivity index (χ4n) is 7.15. The van der Waals surface area contributed by atoms with Gasteiger partial charge in [-0.1, -0.05) is 184 Å². The lowest BCUT2D eigenvalue weighted by molar-refractivity contribution is -0.705. The number of benzene rings is 2. The third-order valence-electron chi connectivity index (χ3n) is 9.84. The van der Waals surface area contributed by atoms with E-state index in [9.17, 15) is 0 Å². The summed E-state index contributed by atoms with van der Waals surface area (Å²) in [6.45, 7) is 8.27. The van der Waals surface area contributed by atoms with Crippen molar-refractivity contribution in [3.8, 4) is 0 Å². The Morgan fingerprint density at radius 1 is 0.605 bits per heavy atom. The van der Waals surface area contributed by atoms with E-state index in [-0.39, 0.29) is 5.41 Å². The van der Waals surface area contributed by atoms with Crippen LogP contribution in [0.25, 0.3) is 0 Å². The van der Waals surface area contributed by atoms with E-state index in [0.29, 0.717) is 5.92 Å². The zero-order valence-corrected chi connectivity index (χ0v) is 28.3. The fraction of sp³-hybridized carbons (Fsp3) is 0.634. The zero-order valence-electron chi connectivity index (χ0n) is 28.3. The molecule has 0 saturated carbocycles. The van der Waals surface area contributed by atoms with Crippen LogP contribution in [0.3, 0.4) is 0 Å². The molecule has 2 aromatic carbocycles.